The number of Topliss-reactive ketones (excluding diaryl/α,β-unsaturated/α-hetero) is 2. The Morgan fingerprint density at radius 3 is 1.09 bits per heavy atom. The van der Waals surface area contributed by atoms with Gasteiger partial charge in [0, 0.05) is 116 Å². The Labute approximate surface area is 576 Å². The lowest BCUT2D eigenvalue weighted by Gasteiger charge is -2.30. The molecule has 10 nitrogen and oxygen atoms in total. The van der Waals surface area contributed by atoms with Gasteiger partial charge in [-0.3, -0.25) is 9.59 Å². The maximum atomic E-state index is 14.2. The maximum absolute atomic E-state index is 14.2. The molecule has 18 rings (SSSR count). The molecule has 0 unspecified atom stereocenters. The zero-order chi connectivity index (χ0) is 63.8. The number of allylic oxidation sites excluding steroid dienone is 6. The van der Waals surface area contributed by atoms with Gasteiger partial charge in [0.15, 0.2) is 11.6 Å². The van der Waals surface area contributed by atoms with Gasteiger partial charge in [-0.1, -0.05) is 72.8 Å². The highest BCUT2D eigenvalue weighted by atomic mass is 32.1. The van der Waals surface area contributed by atoms with E-state index in [1.54, 1.807) is 71.2 Å². The number of thiophene rings is 8. The van der Waals surface area contributed by atoms with Gasteiger partial charge in [-0.25, -0.2) is 0 Å². The highest BCUT2D eigenvalue weighted by Gasteiger charge is 2.57. The highest BCUT2D eigenvalue weighted by molar-refractivity contribution is 7.35. The first-order valence-corrected chi connectivity index (χ1v) is 37.4. The van der Waals surface area contributed by atoms with Crippen LogP contribution in [0.4, 0.5) is 0 Å². The minimum absolute atomic E-state index is 0.121. The van der Waals surface area contributed by atoms with Crippen LogP contribution in [0, 0.1) is 73.0 Å². The minimum Gasteiger partial charge on any atom is -0.289 e. The first-order chi connectivity index (χ1) is 45.9. The predicted octanol–water partition coefficient (Wildman–Crippen LogP) is 20.8. The number of ketones is 2. The molecule has 0 fully saturated rings. The van der Waals surface area contributed by atoms with Crippen LogP contribution in [0.1, 0.15) is 104 Å². The Balaban J connectivity index is 0.845. The standard InChI is InChI=1S/C74H36N8O2S10/c1-33-13-21-53(85-33)73(54-22-14-34(2)86-54)49-27-51(45-19-17-37(61-63(45)81-93-79-61)25-47-57(39(29-75)30-76)41-9-5-7-11-43(41)65(47)83)89-67(49)69-59(73)71-72(91-69)60-70(92-71)68-50(74(60,55-23-15-35(3)87-55)56-24-16-36(4)88-56)28-52(90-68)46-20-18-38(62-64(46)82-94-80-62)26-48-58(40(31-77)32-78)42-10-6-8-12-44(42)66(48)84/h5-28H,1-4H3/b47-25-,48-26-. The number of fused-ring (bicyclic) bond motifs is 13. The van der Waals surface area contributed by atoms with E-state index in [4.69, 9.17) is 17.5 Å². The fraction of sp³-hybridized carbons (Fsp3) is 0.0811. The van der Waals surface area contributed by atoms with E-state index in [1.165, 1.54) is 90.2 Å². The van der Waals surface area contributed by atoms with E-state index in [0.717, 1.165) is 44.3 Å². The summed E-state index contributed by atoms with van der Waals surface area (Å²) in [6.07, 6.45) is 3.54. The Kier molecular flexibility index (Phi) is 12.8. The number of rotatable bonds is 8. The lowest BCUT2D eigenvalue weighted by molar-refractivity contribution is 0.103. The number of aryl methyl sites for hydroxylation is 4. The molecule has 0 saturated carbocycles. The van der Waals surface area contributed by atoms with Gasteiger partial charge in [-0.05, 0) is 123 Å². The van der Waals surface area contributed by atoms with Crippen LogP contribution in [0.2, 0.25) is 0 Å². The van der Waals surface area contributed by atoms with Gasteiger partial charge in [0.25, 0.3) is 0 Å². The molecule has 20 heteroatoms. The molecular weight excluding hydrogens is 1350 g/mol. The van der Waals surface area contributed by atoms with Gasteiger partial charge in [0.05, 0.1) is 63.2 Å². The van der Waals surface area contributed by atoms with Crippen molar-refractivity contribution in [1.82, 2.24) is 17.5 Å². The summed E-state index contributed by atoms with van der Waals surface area (Å²) in [7, 11) is 0. The van der Waals surface area contributed by atoms with Gasteiger partial charge in [0.1, 0.15) is 57.5 Å². The summed E-state index contributed by atoms with van der Waals surface area (Å²) >= 11 is 17.1. The quantitative estimate of drug-likeness (QED) is 0.105. The van der Waals surface area contributed by atoms with E-state index in [0.29, 0.717) is 66.6 Å². The molecule has 0 N–H and O–H groups in total. The maximum Gasteiger partial charge on any atom is 0.194 e. The van der Waals surface area contributed by atoms with Crippen LogP contribution >= 0.6 is 114 Å². The molecule has 0 aliphatic heterocycles. The van der Waals surface area contributed by atoms with Crippen molar-refractivity contribution in [3.05, 3.63) is 250 Å². The third-order valence-corrected chi connectivity index (χ3v) is 29.0. The molecule has 444 valence electrons. The summed E-state index contributed by atoms with van der Waals surface area (Å²) in [5.41, 5.74) is 12.6. The summed E-state index contributed by atoms with van der Waals surface area (Å²) in [5, 5.41) is 40.5. The average Bonchev–Trinajstić information content (AvgIpc) is 1.48. The zero-order valence-electron chi connectivity index (χ0n) is 49.3. The van der Waals surface area contributed by atoms with E-state index >= 15 is 0 Å². The van der Waals surface area contributed by atoms with Crippen LogP contribution in [0.3, 0.4) is 0 Å². The summed E-state index contributed by atoms with van der Waals surface area (Å²) in [6, 6.07) is 53.8. The summed E-state index contributed by atoms with van der Waals surface area (Å²) in [6.45, 7) is 8.79. The van der Waals surface area contributed by atoms with E-state index in [9.17, 15) is 30.6 Å². The normalized spacial score (nSPS) is 15.4. The largest absolute Gasteiger partial charge is 0.289 e. The third kappa shape index (κ3) is 7.75. The monoisotopic (exact) mass is 1390 g/mol. The van der Waals surface area contributed by atoms with E-state index < -0.39 is 10.8 Å². The molecule has 0 spiro atoms. The SMILES string of the molecule is Cc1ccc(C2(c3ccc(C)s3)c3cc(-c4ccc(/C=C5\C(=O)c6ccccc6C5=C(C#N)C#N)c5nsnc45)sc3-c3sc4c5c(sc4c32)-c2sc(-c3ccc(/C=C4\C(=O)c6ccccc6C4=C(C#N)C#N)c4nsnc34)cc2C5(c2ccc(C)s2)c2ccc(C)s2)s1. The van der Waals surface area contributed by atoms with Crippen LogP contribution in [0.25, 0.3) is 95.2 Å². The van der Waals surface area contributed by atoms with E-state index in [-0.39, 0.29) is 33.9 Å². The number of nitrogens with zero attached hydrogens (tertiary/aromatic N) is 8. The van der Waals surface area contributed by atoms with Crippen molar-refractivity contribution in [2.24, 2.45) is 0 Å². The number of carbonyl (C=O) groups is 2. The predicted molar refractivity (Wildman–Crippen MR) is 387 cm³/mol. The van der Waals surface area contributed by atoms with Crippen LogP contribution in [-0.4, -0.2) is 29.1 Å². The lowest BCUT2D eigenvalue weighted by Crippen LogP contribution is -2.26. The fourth-order valence-electron chi connectivity index (χ4n) is 14.4. The van der Waals surface area contributed by atoms with Crippen LogP contribution in [0.15, 0.2) is 156 Å². The smallest absolute Gasteiger partial charge is 0.194 e. The van der Waals surface area contributed by atoms with Crippen molar-refractivity contribution in [2.75, 3.05) is 0 Å². The van der Waals surface area contributed by atoms with E-state index in [1.807, 2.05) is 117 Å². The molecule has 10 heterocycles. The second kappa shape index (κ2) is 21.1. The number of hydrogen-bond acceptors (Lipinski definition) is 20. The second-order valence-corrected chi connectivity index (χ2v) is 33.6. The van der Waals surface area contributed by atoms with Crippen molar-refractivity contribution >= 4 is 180 Å². The summed E-state index contributed by atoms with van der Waals surface area (Å²) in [4.78, 5) is 45.3. The van der Waals surface area contributed by atoms with Crippen molar-refractivity contribution in [3.63, 3.8) is 0 Å². The minimum atomic E-state index is -0.684. The molecule has 4 aliphatic rings. The molecule has 0 bridgehead atoms. The third-order valence-electron chi connectivity index (χ3n) is 18.3. The number of aromatic nitrogens is 4. The lowest BCUT2D eigenvalue weighted by atomic mass is 9.74. The van der Waals surface area contributed by atoms with Crippen molar-refractivity contribution < 1.29 is 9.59 Å². The molecule has 4 aliphatic carbocycles. The number of hydrogen-bond donors (Lipinski definition) is 0. The Hall–Kier alpha value is -9.36. The van der Waals surface area contributed by atoms with Crippen molar-refractivity contribution in [3.8, 4) is 64.7 Å². The molecule has 0 atom stereocenters. The van der Waals surface area contributed by atoms with Crippen LogP contribution in [-0.2, 0) is 10.8 Å². The van der Waals surface area contributed by atoms with Crippen LogP contribution < -0.4 is 0 Å². The molecule has 94 heavy (non-hydrogen) atoms. The average molecular weight is 1390 g/mol. The Morgan fingerprint density at radius 2 is 0.745 bits per heavy atom. The van der Waals surface area contributed by atoms with E-state index in [2.05, 4.69) is 100 Å². The Morgan fingerprint density at radius 1 is 0.394 bits per heavy atom. The van der Waals surface area contributed by atoms with Gasteiger partial charge in [0.2, 0.25) is 0 Å². The Bertz CT molecular complexity index is 5640. The first-order valence-electron chi connectivity index (χ1n) is 29.4. The van der Waals surface area contributed by atoms with Crippen molar-refractivity contribution in [2.45, 2.75) is 38.5 Å². The number of nitriles is 4. The topological polar surface area (TPSA) is 181 Å². The number of benzene rings is 4. The van der Waals surface area contributed by atoms with Crippen molar-refractivity contribution in [1.29, 1.82) is 21.0 Å². The first kappa shape index (κ1) is 57.3. The van der Waals surface area contributed by atoms with Gasteiger partial charge < -0.3 is 0 Å². The molecular formula is C74H36N8O2S10. The molecule has 0 amide bonds. The molecule has 0 radical (unpaired) electrons. The fourth-order valence-corrected chi connectivity index (χ4v) is 25.9. The molecule has 14 aromatic rings. The summed E-state index contributed by atoms with van der Waals surface area (Å²) in [5.74, 6) is -0.498. The summed E-state index contributed by atoms with van der Waals surface area (Å²) < 4.78 is 22.3. The highest BCUT2D eigenvalue weighted by Crippen LogP contribution is 2.72. The van der Waals surface area contributed by atoms with Gasteiger partial charge in [-0.15, -0.1) is 90.7 Å². The van der Waals surface area contributed by atoms with Crippen LogP contribution in [0.5, 0.6) is 0 Å². The zero-order valence-corrected chi connectivity index (χ0v) is 57.5. The van der Waals surface area contributed by atoms with Gasteiger partial charge >= 0.3 is 0 Å². The number of carbonyl (C=O) groups excluding carboxylic acids is 2. The molecule has 0 saturated heterocycles. The molecule has 10 aromatic heterocycles. The molecule has 4 aromatic carbocycles. The van der Waals surface area contributed by atoms with Gasteiger partial charge in [-0.2, -0.15) is 38.5 Å². The second-order valence-electron chi connectivity index (χ2n) is 23.3.